The lowest BCUT2D eigenvalue weighted by Crippen LogP contribution is -2.39. The van der Waals surface area contributed by atoms with Gasteiger partial charge in [0.1, 0.15) is 0 Å². The van der Waals surface area contributed by atoms with E-state index in [-0.39, 0.29) is 5.91 Å². The van der Waals surface area contributed by atoms with Crippen LogP contribution >= 0.6 is 0 Å². The van der Waals surface area contributed by atoms with E-state index in [0.29, 0.717) is 17.4 Å². The largest absolute Gasteiger partial charge is 0.443 e. The van der Waals surface area contributed by atoms with Gasteiger partial charge < -0.3 is 9.32 Å². The Labute approximate surface area is 118 Å². The number of carbonyl (C=O) groups is 1. The molecular formula is C16H18N2O2. The standard InChI is InChI=1S/C16H18N2O2/c1-12-6-5-9-18(10-12)16(19)14-15(20-11-17-14)13-7-3-2-4-8-13/h2-4,7-8,11-12H,5-6,9-10H2,1H3. The van der Waals surface area contributed by atoms with E-state index in [2.05, 4.69) is 11.9 Å². The number of likely N-dealkylation sites (tertiary alicyclic amines) is 1. The highest BCUT2D eigenvalue weighted by atomic mass is 16.3. The summed E-state index contributed by atoms with van der Waals surface area (Å²) in [4.78, 5) is 18.6. The summed E-state index contributed by atoms with van der Waals surface area (Å²) in [5, 5.41) is 0. The van der Waals surface area contributed by atoms with Crippen LogP contribution in [0, 0.1) is 5.92 Å². The number of rotatable bonds is 2. The minimum Gasteiger partial charge on any atom is -0.443 e. The summed E-state index contributed by atoms with van der Waals surface area (Å²) >= 11 is 0. The van der Waals surface area contributed by atoms with E-state index in [1.165, 1.54) is 12.8 Å². The Hall–Kier alpha value is -2.10. The monoisotopic (exact) mass is 270 g/mol. The first kappa shape index (κ1) is 12.9. The number of carbonyl (C=O) groups excluding carboxylic acids is 1. The molecular weight excluding hydrogens is 252 g/mol. The summed E-state index contributed by atoms with van der Waals surface area (Å²) in [7, 11) is 0. The van der Waals surface area contributed by atoms with Gasteiger partial charge in [0.2, 0.25) is 0 Å². The summed E-state index contributed by atoms with van der Waals surface area (Å²) in [5.41, 5.74) is 1.31. The number of hydrogen-bond acceptors (Lipinski definition) is 3. The molecule has 1 aromatic carbocycles. The lowest BCUT2D eigenvalue weighted by atomic mass is 10.00. The molecule has 2 aromatic rings. The lowest BCUT2D eigenvalue weighted by molar-refractivity contribution is 0.0678. The smallest absolute Gasteiger partial charge is 0.276 e. The topological polar surface area (TPSA) is 46.3 Å². The van der Waals surface area contributed by atoms with Crippen LogP contribution in [0.15, 0.2) is 41.1 Å². The Morgan fingerprint density at radius 3 is 2.90 bits per heavy atom. The second kappa shape index (κ2) is 5.49. The van der Waals surface area contributed by atoms with Crippen molar-refractivity contribution >= 4 is 5.91 Å². The molecule has 0 N–H and O–H groups in total. The SMILES string of the molecule is CC1CCCN(C(=O)c2ncoc2-c2ccccc2)C1. The summed E-state index contributed by atoms with van der Waals surface area (Å²) in [6.07, 6.45) is 3.60. The fourth-order valence-corrected chi connectivity index (χ4v) is 2.72. The number of aromatic nitrogens is 1. The number of piperidine rings is 1. The van der Waals surface area contributed by atoms with Gasteiger partial charge in [0, 0.05) is 18.7 Å². The van der Waals surface area contributed by atoms with Crippen LogP contribution < -0.4 is 0 Å². The van der Waals surface area contributed by atoms with Crippen molar-refractivity contribution < 1.29 is 9.21 Å². The molecule has 1 amide bonds. The first-order chi connectivity index (χ1) is 9.75. The van der Waals surface area contributed by atoms with Crippen molar-refractivity contribution in [3.63, 3.8) is 0 Å². The highest BCUT2D eigenvalue weighted by Gasteiger charge is 2.26. The summed E-state index contributed by atoms with van der Waals surface area (Å²) in [6, 6.07) is 9.64. The number of oxazole rings is 1. The van der Waals surface area contributed by atoms with Crippen LogP contribution in [0.1, 0.15) is 30.3 Å². The molecule has 2 heterocycles. The maximum Gasteiger partial charge on any atom is 0.276 e. The Bertz CT molecular complexity index is 592. The van der Waals surface area contributed by atoms with Gasteiger partial charge in [0.05, 0.1) is 0 Å². The Morgan fingerprint density at radius 1 is 1.35 bits per heavy atom. The maximum atomic E-state index is 12.6. The van der Waals surface area contributed by atoms with Crippen LogP contribution in [-0.2, 0) is 0 Å². The number of hydrogen-bond donors (Lipinski definition) is 0. The quantitative estimate of drug-likeness (QED) is 0.841. The molecule has 0 bridgehead atoms. The predicted octanol–water partition coefficient (Wildman–Crippen LogP) is 3.21. The van der Waals surface area contributed by atoms with E-state index in [9.17, 15) is 4.79 Å². The van der Waals surface area contributed by atoms with Gasteiger partial charge in [0.15, 0.2) is 17.8 Å². The van der Waals surface area contributed by atoms with Gasteiger partial charge in [-0.15, -0.1) is 0 Å². The zero-order valence-corrected chi connectivity index (χ0v) is 11.6. The van der Waals surface area contributed by atoms with Gasteiger partial charge in [-0.2, -0.15) is 0 Å². The maximum absolute atomic E-state index is 12.6. The fourth-order valence-electron chi connectivity index (χ4n) is 2.72. The normalized spacial score (nSPS) is 19.1. The molecule has 0 saturated carbocycles. The Kier molecular flexibility index (Phi) is 3.54. The molecule has 3 rings (SSSR count). The fraction of sp³-hybridized carbons (Fsp3) is 0.375. The second-order valence-electron chi connectivity index (χ2n) is 5.39. The molecule has 1 aliphatic heterocycles. The summed E-state index contributed by atoms with van der Waals surface area (Å²) in [6.45, 7) is 3.80. The summed E-state index contributed by atoms with van der Waals surface area (Å²) < 4.78 is 5.43. The van der Waals surface area contributed by atoms with Crippen LogP contribution in [0.25, 0.3) is 11.3 Å². The van der Waals surface area contributed by atoms with Crippen molar-refractivity contribution in [1.82, 2.24) is 9.88 Å². The minimum absolute atomic E-state index is 0.0239. The molecule has 0 spiro atoms. The molecule has 20 heavy (non-hydrogen) atoms. The van der Waals surface area contributed by atoms with Gasteiger partial charge >= 0.3 is 0 Å². The van der Waals surface area contributed by atoms with Crippen molar-refractivity contribution in [3.05, 3.63) is 42.4 Å². The van der Waals surface area contributed by atoms with Gasteiger partial charge in [-0.05, 0) is 18.8 Å². The summed E-state index contributed by atoms with van der Waals surface area (Å²) in [5.74, 6) is 1.10. The van der Waals surface area contributed by atoms with Crippen molar-refractivity contribution in [2.45, 2.75) is 19.8 Å². The molecule has 104 valence electrons. The predicted molar refractivity (Wildman–Crippen MR) is 76.2 cm³/mol. The zero-order chi connectivity index (χ0) is 13.9. The van der Waals surface area contributed by atoms with Crippen molar-refractivity contribution in [3.8, 4) is 11.3 Å². The average molecular weight is 270 g/mol. The van der Waals surface area contributed by atoms with Crippen LogP contribution in [0.3, 0.4) is 0 Å². The third-order valence-electron chi connectivity index (χ3n) is 3.75. The van der Waals surface area contributed by atoms with Gasteiger partial charge in [-0.3, -0.25) is 4.79 Å². The van der Waals surface area contributed by atoms with E-state index in [4.69, 9.17) is 4.42 Å². The highest BCUT2D eigenvalue weighted by molar-refractivity contribution is 5.97. The van der Waals surface area contributed by atoms with Crippen LogP contribution in [-0.4, -0.2) is 28.9 Å². The molecule has 1 aromatic heterocycles. The van der Waals surface area contributed by atoms with E-state index in [1.807, 2.05) is 35.2 Å². The van der Waals surface area contributed by atoms with Crippen LogP contribution in [0.2, 0.25) is 0 Å². The van der Waals surface area contributed by atoms with Crippen LogP contribution in [0.4, 0.5) is 0 Å². The molecule has 1 aliphatic rings. The molecule has 1 unspecified atom stereocenters. The Balaban J connectivity index is 1.88. The molecule has 1 fully saturated rings. The number of nitrogens with zero attached hydrogens (tertiary/aromatic N) is 2. The second-order valence-corrected chi connectivity index (χ2v) is 5.39. The minimum atomic E-state index is -0.0239. The van der Waals surface area contributed by atoms with Crippen molar-refractivity contribution in [2.24, 2.45) is 5.92 Å². The molecule has 4 nitrogen and oxygen atoms in total. The molecule has 1 atom stereocenters. The number of benzene rings is 1. The first-order valence-corrected chi connectivity index (χ1v) is 7.04. The highest BCUT2D eigenvalue weighted by Crippen LogP contribution is 2.25. The molecule has 1 saturated heterocycles. The van der Waals surface area contributed by atoms with E-state index in [1.54, 1.807) is 0 Å². The van der Waals surface area contributed by atoms with E-state index >= 15 is 0 Å². The van der Waals surface area contributed by atoms with Gasteiger partial charge in [-0.25, -0.2) is 4.98 Å². The van der Waals surface area contributed by atoms with Gasteiger partial charge in [0.25, 0.3) is 5.91 Å². The van der Waals surface area contributed by atoms with Crippen molar-refractivity contribution in [2.75, 3.05) is 13.1 Å². The Morgan fingerprint density at radius 2 is 2.15 bits per heavy atom. The zero-order valence-electron chi connectivity index (χ0n) is 11.6. The average Bonchev–Trinajstić information content (AvgIpc) is 2.97. The lowest BCUT2D eigenvalue weighted by Gasteiger charge is -2.30. The third kappa shape index (κ3) is 2.46. The molecule has 4 heteroatoms. The third-order valence-corrected chi connectivity index (χ3v) is 3.75. The van der Waals surface area contributed by atoms with E-state index < -0.39 is 0 Å². The number of amides is 1. The van der Waals surface area contributed by atoms with Crippen LogP contribution in [0.5, 0.6) is 0 Å². The van der Waals surface area contributed by atoms with Crippen molar-refractivity contribution in [1.29, 1.82) is 0 Å². The molecule has 0 radical (unpaired) electrons. The molecule has 0 aliphatic carbocycles. The first-order valence-electron chi connectivity index (χ1n) is 7.04. The van der Waals surface area contributed by atoms with Gasteiger partial charge in [-0.1, -0.05) is 37.3 Å². The van der Waals surface area contributed by atoms with E-state index in [0.717, 1.165) is 25.1 Å².